The molecule has 0 spiro atoms. The van der Waals surface area contributed by atoms with Gasteiger partial charge in [-0.2, -0.15) is 11.3 Å². The highest BCUT2D eigenvalue weighted by Gasteiger charge is 2.13. The summed E-state index contributed by atoms with van der Waals surface area (Å²) in [6.07, 6.45) is -0.537. The van der Waals surface area contributed by atoms with Crippen LogP contribution in [0.5, 0.6) is 5.75 Å². The van der Waals surface area contributed by atoms with Gasteiger partial charge in [-0.3, -0.25) is 4.90 Å². The van der Waals surface area contributed by atoms with E-state index in [1.807, 2.05) is 31.2 Å². The number of thiophene rings is 1. The molecule has 0 saturated carbocycles. The lowest BCUT2D eigenvalue weighted by atomic mass is 10.2. The Morgan fingerprint density at radius 3 is 2.78 bits per heavy atom. The second-order valence-electron chi connectivity index (χ2n) is 5.59. The first-order valence-electron chi connectivity index (χ1n) is 7.78. The molecule has 0 aliphatic carbocycles. The maximum atomic E-state index is 10.3. The number of benzene rings is 1. The largest absolute Gasteiger partial charge is 0.491 e. The molecule has 126 valence electrons. The molecule has 0 aliphatic rings. The van der Waals surface area contributed by atoms with Crippen molar-refractivity contribution in [2.45, 2.75) is 19.6 Å². The number of para-hydroxylation sites is 1. The van der Waals surface area contributed by atoms with Gasteiger partial charge in [-0.1, -0.05) is 18.2 Å². The maximum absolute atomic E-state index is 10.3. The van der Waals surface area contributed by atoms with Crippen LogP contribution in [0, 0.1) is 6.92 Å². The van der Waals surface area contributed by atoms with Crippen LogP contribution in [0.1, 0.15) is 11.1 Å². The molecule has 1 aromatic heterocycles. The van der Waals surface area contributed by atoms with Crippen molar-refractivity contribution in [3.63, 3.8) is 0 Å². The highest BCUT2D eigenvalue weighted by molar-refractivity contribution is 7.07. The molecule has 2 rings (SSSR count). The van der Waals surface area contributed by atoms with Crippen LogP contribution in [-0.2, 0) is 11.3 Å². The van der Waals surface area contributed by atoms with E-state index in [-0.39, 0.29) is 6.61 Å². The average molecular weight is 335 g/mol. The first-order valence-corrected chi connectivity index (χ1v) is 8.72. The summed E-state index contributed by atoms with van der Waals surface area (Å²) in [6, 6.07) is 9.96. The van der Waals surface area contributed by atoms with E-state index in [1.54, 1.807) is 18.4 Å². The lowest BCUT2D eigenvalue weighted by Crippen LogP contribution is -2.37. The van der Waals surface area contributed by atoms with Gasteiger partial charge in [-0.05, 0) is 40.9 Å². The zero-order chi connectivity index (χ0) is 16.5. The van der Waals surface area contributed by atoms with E-state index in [4.69, 9.17) is 9.47 Å². The molecule has 1 unspecified atom stereocenters. The first-order chi connectivity index (χ1) is 11.2. The van der Waals surface area contributed by atoms with Gasteiger partial charge in [0.15, 0.2) is 0 Å². The van der Waals surface area contributed by atoms with Crippen LogP contribution >= 0.6 is 11.3 Å². The normalized spacial score (nSPS) is 12.5. The summed E-state index contributed by atoms with van der Waals surface area (Å²) in [5.41, 5.74) is 2.34. The van der Waals surface area contributed by atoms with Crippen LogP contribution in [-0.4, -0.2) is 49.5 Å². The Morgan fingerprint density at radius 2 is 2.09 bits per heavy atom. The fraction of sp³-hybridized carbons (Fsp3) is 0.444. The van der Waals surface area contributed by atoms with Gasteiger partial charge in [0.1, 0.15) is 18.5 Å². The topological polar surface area (TPSA) is 41.9 Å². The number of hydrogen-bond donors (Lipinski definition) is 1. The monoisotopic (exact) mass is 335 g/mol. The van der Waals surface area contributed by atoms with Crippen molar-refractivity contribution < 1.29 is 14.6 Å². The van der Waals surface area contributed by atoms with Crippen molar-refractivity contribution in [2.24, 2.45) is 0 Å². The molecule has 5 heteroatoms. The van der Waals surface area contributed by atoms with E-state index < -0.39 is 6.10 Å². The third-order valence-electron chi connectivity index (χ3n) is 3.59. The Hall–Kier alpha value is -1.40. The molecule has 0 fully saturated rings. The minimum absolute atomic E-state index is 0.290. The lowest BCUT2D eigenvalue weighted by Gasteiger charge is -2.24. The Bertz CT molecular complexity index is 559. The summed E-state index contributed by atoms with van der Waals surface area (Å²) in [5.74, 6) is 0.827. The van der Waals surface area contributed by atoms with Crippen molar-refractivity contribution in [1.82, 2.24) is 4.90 Å². The Balaban J connectivity index is 1.83. The van der Waals surface area contributed by atoms with E-state index in [0.29, 0.717) is 13.2 Å². The Morgan fingerprint density at radius 1 is 1.26 bits per heavy atom. The molecule has 0 amide bonds. The molecule has 1 aromatic carbocycles. The van der Waals surface area contributed by atoms with Gasteiger partial charge < -0.3 is 14.6 Å². The van der Waals surface area contributed by atoms with E-state index in [0.717, 1.165) is 24.4 Å². The van der Waals surface area contributed by atoms with Crippen LogP contribution in [0.4, 0.5) is 0 Å². The molecule has 2 aromatic rings. The summed E-state index contributed by atoms with van der Waals surface area (Å²) >= 11 is 1.69. The third kappa shape index (κ3) is 6.31. The predicted octanol–water partition coefficient (Wildman–Crippen LogP) is 2.94. The van der Waals surface area contributed by atoms with Crippen molar-refractivity contribution in [1.29, 1.82) is 0 Å². The molecule has 1 atom stereocenters. The van der Waals surface area contributed by atoms with Crippen LogP contribution in [0.2, 0.25) is 0 Å². The van der Waals surface area contributed by atoms with E-state index >= 15 is 0 Å². The first kappa shape index (κ1) is 17.9. The molecule has 23 heavy (non-hydrogen) atoms. The molecule has 0 saturated heterocycles. The molecular formula is C18H25NO3S. The van der Waals surface area contributed by atoms with Crippen molar-refractivity contribution in [2.75, 3.05) is 33.4 Å². The van der Waals surface area contributed by atoms with E-state index in [9.17, 15) is 5.11 Å². The van der Waals surface area contributed by atoms with Crippen molar-refractivity contribution in [3.8, 4) is 5.75 Å². The number of ether oxygens (including phenoxy) is 2. The second-order valence-corrected chi connectivity index (χ2v) is 6.37. The van der Waals surface area contributed by atoms with Gasteiger partial charge >= 0.3 is 0 Å². The van der Waals surface area contributed by atoms with Crippen LogP contribution in [0.25, 0.3) is 0 Å². The second kappa shape index (κ2) is 9.67. The lowest BCUT2D eigenvalue weighted by molar-refractivity contribution is 0.0541. The standard InChI is InChI=1S/C18H25NO3S/c1-15-5-3-4-6-18(15)22-13-17(20)12-19(8-9-21-2)11-16-7-10-23-14-16/h3-7,10,14,17,20H,8-9,11-13H2,1-2H3. The van der Waals surface area contributed by atoms with Crippen LogP contribution in [0.15, 0.2) is 41.1 Å². The number of nitrogens with zero attached hydrogens (tertiary/aromatic N) is 1. The summed E-state index contributed by atoms with van der Waals surface area (Å²) in [6.45, 7) is 5.10. The summed E-state index contributed by atoms with van der Waals surface area (Å²) in [5, 5.41) is 14.5. The van der Waals surface area contributed by atoms with Gasteiger partial charge in [-0.15, -0.1) is 0 Å². The zero-order valence-corrected chi connectivity index (χ0v) is 14.6. The molecule has 0 aliphatic heterocycles. The smallest absolute Gasteiger partial charge is 0.122 e. The zero-order valence-electron chi connectivity index (χ0n) is 13.8. The number of aryl methyl sites for hydroxylation is 1. The molecule has 0 radical (unpaired) electrons. The SMILES string of the molecule is COCCN(Cc1ccsc1)CC(O)COc1ccccc1C. The fourth-order valence-corrected chi connectivity index (χ4v) is 3.01. The highest BCUT2D eigenvalue weighted by atomic mass is 32.1. The van der Waals surface area contributed by atoms with Crippen molar-refractivity contribution in [3.05, 3.63) is 52.2 Å². The van der Waals surface area contributed by atoms with Crippen LogP contribution < -0.4 is 4.74 Å². The van der Waals surface area contributed by atoms with E-state index in [2.05, 4.69) is 21.7 Å². The predicted molar refractivity (Wildman–Crippen MR) is 94.2 cm³/mol. The van der Waals surface area contributed by atoms with Gasteiger partial charge in [-0.25, -0.2) is 0 Å². The number of aliphatic hydroxyl groups is 1. The minimum Gasteiger partial charge on any atom is -0.491 e. The van der Waals surface area contributed by atoms with Gasteiger partial charge in [0.25, 0.3) is 0 Å². The highest BCUT2D eigenvalue weighted by Crippen LogP contribution is 2.16. The Kier molecular flexibility index (Phi) is 7.55. The number of hydrogen-bond acceptors (Lipinski definition) is 5. The maximum Gasteiger partial charge on any atom is 0.122 e. The average Bonchev–Trinajstić information content (AvgIpc) is 3.05. The van der Waals surface area contributed by atoms with Gasteiger partial charge in [0.05, 0.1) is 6.61 Å². The molecule has 4 nitrogen and oxygen atoms in total. The number of aliphatic hydroxyl groups excluding tert-OH is 1. The molecule has 1 heterocycles. The van der Waals surface area contributed by atoms with Crippen molar-refractivity contribution >= 4 is 11.3 Å². The quantitative estimate of drug-likeness (QED) is 0.725. The number of rotatable bonds is 10. The van der Waals surface area contributed by atoms with Crippen LogP contribution in [0.3, 0.4) is 0 Å². The summed E-state index contributed by atoms with van der Waals surface area (Å²) in [7, 11) is 1.69. The van der Waals surface area contributed by atoms with Gasteiger partial charge in [0.2, 0.25) is 0 Å². The molecular weight excluding hydrogens is 310 g/mol. The Labute approximate surface area is 142 Å². The molecule has 0 bridgehead atoms. The molecule has 1 N–H and O–H groups in total. The third-order valence-corrected chi connectivity index (χ3v) is 4.32. The fourth-order valence-electron chi connectivity index (χ4n) is 2.35. The number of methoxy groups -OCH3 is 1. The minimum atomic E-state index is -0.537. The van der Waals surface area contributed by atoms with Gasteiger partial charge in [0, 0.05) is 26.7 Å². The van der Waals surface area contributed by atoms with E-state index in [1.165, 1.54) is 5.56 Å². The summed E-state index contributed by atoms with van der Waals surface area (Å²) in [4.78, 5) is 2.19. The summed E-state index contributed by atoms with van der Waals surface area (Å²) < 4.78 is 10.9.